The lowest BCUT2D eigenvalue weighted by Crippen LogP contribution is -2.54. The van der Waals surface area contributed by atoms with Crippen LogP contribution in [0.15, 0.2) is 6.20 Å². The van der Waals surface area contributed by atoms with E-state index < -0.39 is 24.2 Å². The summed E-state index contributed by atoms with van der Waals surface area (Å²) in [5.74, 6) is -0.740. The first-order valence-corrected chi connectivity index (χ1v) is 11.5. The standard InChI is InChI=1S/C21H34N8O4/c1-12-18(30)7-19(31)23-13-5-17(27(4)9-13)21(33)28-11-15(6-16(28)20(32)22-12)29-10-14(24-25-29)8-26(2)3/h10,12-13,15-18,30H,5-9,11H2,1-4H3,(H,22,32)(H,23,31)/t12-,13+,15-,16-,17-,18-/m0/s1. The van der Waals surface area contributed by atoms with Gasteiger partial charge in [0.1, 0.15) is 6.04 Å². The topological polar surface area (TPSA) is 136 Å². The van der Waals surface area contributed by atoms with Gasteiger partial charge in [0.2, 0.25) is 17.7 Å². The summed E-state index contributed by atoms with van der Waals surface area (Å²) < 4.78 is 1.75. The molecule has 33 heavy (non-hydrogen) atoms. The van der Waals surface area contributed by atoms with Gasteiger partial charge in [-0.2, -0.15) is 0 Å². The zero-order chi connectivity index (χ0) is 23.9. The minimum Gasteiger partial charge on any atom is -0.390 e. The van der Waals surface area contributed by atoms with Crippen LogP contribution in [0.3, 0.4) is 0 Å². The van der Waals surface area contributed by atoms with E-state index in [-0.39, 0.29) is 36.2 Å². The lowest BCUT2D eigenvalue weighted by molar-refractivity contribution is -0.142. The molecule has 0 radical (unpaired) electrons. The average molecular weight is 463 g/mol. The summed E-state index contributed by atoms with van der Waals surface area (Å²) in [5, 5.41) is 24.7. The molecule has 4 heterocycles. The van der Waals surface area contributed by atoms with Crippen LogP contribution in [0.4, 0.5) is 0 Å². The summed E-state index contributed by atoms with van der Waals surface area (Å²) >= 11 is 0. The Hall–Kier alpha value is -2.57. The molecule has 4 rings (SSSR count). The van der Waals surface area contributed by atoms with E-state index in [1.807, 2.05) is 37.1 Å². The highest BCUT2D eigenvalue weighted by molar-refractivity contribution is 5.91. The van der Waals surface area contributed by atoms with E-state index >= 15 is 0 Å². The number of aliphatic hydroxyl groups is 1. The number of carbonyl (C=O) groups is 3. The molecular weight excluding hydrogens is 428 g/mol. The fourth-order valence-corrected chi connectivity index (χ4v) is 5.04. The van der Waals surface area contributed by atoms with Gasteiger partial charge in [-0.25, -0.2) is 4.68 Å². The van der Waals surface area contributed by atoms with Gasteiger partial charge in [-0.1, -0.05) is 5.21 Å². The van der Waals surface area contributed by atoms with E-state index in [9.17, 15) is 19.5 Å². The highest BCUT2D eigenvalue weighted by atomic mass is 16.3. The van der Waals surface area contributed by atoms with Crippen LogP contribution in [0.5, 0.6) is 0 Å². The van der Waals surface area contributed by atoms with Crippen LogP contribution in [0.1, 0.15) is 37.9 Å². The van der Waals surface area contributed by atoms with Crippen molar-refractivity contribution in [3.8, 4) is 0 Å². The number of fused-ring (bicyclic) bond motifs is 3. The molecule has 3 fully saturated rings. The van der Waals surface area contributed by atoms with Crippen LogP contribution in [0, 0.1) is 0 Å². The number of amides is 3. The molecule has 0 aliphatic carbocycles. The molecule has 0 spiro atoms. The third kappa shape index (κ3) is 5.02. The molecule has 12 heteroatoms. The smallest absolute Gasteiger partial charge is 0.243 e. The lowest BCUT2D eigenvalue weighted by Gasteiger charge is -2.30. The average Bonchev–Trinajstić information content (AvgIpc) is 3.44. The molecule has 3 saturated heterocycles. The number of hydrogen-bond donors (Lipinski definition) is 3. The number of hydrogen-bond acceptors (Lipinski definition) is 8. The van der Waals surface area contributed by atoms with E-state index in [0.29, 0.717) is 32.5 Å². The summed E-state index contributed by atoms with van der Waals surface area (Å²) in [7, 11) is 5.76. The molecule has 0 aromatic carbocycles. The molecule has 0 saturated carbocycles. The van der Waals surface area contributed by atoms with Gasteiger partial charge >= 0.3 is 0 Å². The first kappa shape index (κ1) is 23.6. The minimum absolute atomic E-state index is 0.106. The van der Waals surface area contributed by atoms with Crippen molar-refractivity contribution < 1.29 is 19.5 Å². The van der Waals surface area contributed by atoms with Crippen molar-refractivity contribution in [1.82, 2.24) is 40.3 Å². The number of likely N-dealkylation sites (N-methyl/N-ethyl adjacent to an activating group) is 1. The highest BCUT2D eigenvalue weighted by Gasteiger charge is 2.46. The van der Waals surface area contributed by atoms with E-state index in [4.69, 9.17) is 0 Å². The van der Waals surface area contributed by atoms with Crippen LogP contribution < -0.4 is 10.6 Å². The van der Waals surface area contributed by atoms with Gasteiger partial charge in [-0.15, -0.1) is 5.10 Å². The Morgan fingerprint density at radius 2 is 1.91 bits per heavy atom. The van der Waals surface area contributed by atoms with Crippen LogP contribution >= 0.6 is 0 Å². The summed E-state index contributed by atoms with van der Waals surface area (Å²) in [6.07, 6.45) is 1.62. The van der Waals surface area contributed by atoms with Gasteiger partial charge < -0.3 is 25.5 Å². The van der Waals surface area contributed by atoms with E-state index in [2.05, 4.69) is 20.9 Å². The molecule has 182 valence electrons. The molecule has 3 aliphatic rings. The Bertz CT molecular complexity index is 905. The largest absolute Gasteiger partial charge is 0.390 e. The van der Waals surface area contributed by atoms with Crippen molar-refractivity contribution in [3.05, 3.63) is 11.9 Å². The zero-order valence-electron chi connectivity index (χ0n) is 19.6. The number of nitrogens with zero attached hydrogens (tertiary/aromatic N) is 6. The Morgan fingerprint density at radius 1 is 1.15 bits per heavy atom. The second kappa shape index (κ2) is 9.35. The number of nitrogens with one attached hydrogen (secondary N) is 2. The molecule has 3 amide bonds. The number of rotatable bonds is 3. The summed E-state index contributed by atoms with van der Waals surface area (Å²) in [5.41, 5.74) is 0.818. The SMILES string of the molecule is C[C@@H]1NC(=O)[C@@H]2C[C@H](n3cc(CN(C)C)nn3)CN2C(=O)[C@@H]2C[C@H](CN2C)NC(=O)C[C@@H]1O. The van der Waals surface area contributed by atoms with E-state index in [1.54, 1.807) is 16.5 Å². The molecular formula is C21H34N8O4. The van der Waals surface area contributed by atoms with Crippen molar-refractivity contribution >= 4 is 17.7 Å². The van der Waals surface area contributed by atoms with Crippen LogP contribution in [0.25, 0.3) is 0 Å². The predicted octanol–water partition coefficient (Wildman–Crippen LogP) is -2.06. The molecule has 6 atom stereocenters. The normalized spacial score (nSPS) is 33.9. The maximum absolute atomic E-state index is 13.6. The number of aromatic nitrogens is 3. The third-order valence-electron chi connectivity index (χ3n) is 6.81. The van der Waals surface area contributed by atoms with Gasteiger partial charge in [-0.3, -0.25) is 19.3 Å². The first-order chi connectivity index (χ1) is 15.6. The van der Waals surface area contributed by atoms with Crippen LogP contribution in [-0.2, 0) is 20.9 Å². The quantitative estimate of drug-likeness (QED) is 0.467. The highest BCUT2D eigenvalue weighted by Crippen LogP contribution is 2.30. The summed E-state index contributed by atoms with van der Waals surface area (Å²) in [4.78, 5) is 44.7. The molecule has 0 unspecified atom stereocenters. The third-order valence-corrected chi connectivity index (χ3v) is 6.81. The zero-order valence-corrected chi connectivity index (χ0v) is 19.6. The van der Waals surface area contributed by atoms with Crippen LogP contribution in [-0.4, -0.2) is 117 Å². The van der Waals surface area contributed by atoms with Gasteiger partial charge in [0, 0.05) is 32.1 Å². The second-order valence-corrected chi connectivity index (χ2v) is 9.85. The van der Waals surface area contributed by atoms with Crippen molar-refractivity contribution in [2.75, 3.05) is 34.2 Å². The summed E-state index contributed by atoms with van der Waals surface area (Å²) in [6.45, 7) is 3.20. The van der Waals surface area contributed by atoms with Gasteiger partial charge in [0.15, 0.2) is 0 Å². The predicted molar refractivity (Wildman–Crippen MR) is 118 cm³/mol. The van der Waals surface area contributed by atoms with Gasteiger partial charge in [0.05, 0.1) is 42.5 Å². The summed E-state index contributed by atoms with van der Waals surface area (Å²) in [6, 6.07) is -2.09. The fourth-order valence-electron chi connectivity index (χ4n) is 5.04. The number of carbonyl (C=O) groups excluding carboxylic acids is 3. The monoisotopic (exact) mass is 462 g/mol. The second-order valence-electron chi connectivity index (χ2n) is 9.85. The molecule has 2 bridgehead atoms. The molecule has 1 aromatic heterocycles. The molecule has 12 nitrogen and oxygen atoms in total. The first-order valence-electron chi connectivity index (χ1n) is 11.5. The van der Waals surface area contributed by atoms with Crippen LogP contribution in [0.2, 0.25) is 0 Å². The van der Waals surface area contributed by atoms with Gasteiger partial charge in [0.25, 0.3) is 0 Å². The maximum atomic E-state index is 13.6. The van der Waals surface area contributed by atoms with Crippen molar-refractivity contribution in [2.24, 2.45) is 0 Å². The molecule has 3 N–H and O–H groups in total. The van der Waals surface area contributed by atoms with Gasteiger partial charge in [-0.05, 0) is 34.5 Å². The Morgan fingerprint density at radius 3 is 2.64 bits per heavy atom. The number of likely N-dealkylation sites (tertiary alicyclic amines) is 1. The molecule has 3 aliphatic heterocycles. The maximum Gasteiger partial charge on any atom is 0.243 e. The fraction of sp³-hybridized carbons (Fsp3) is 0.762. The Kier molecular flexibility index (Phi) is 6.68. The van der Waals surface area contributed by atoms with Crippen molar-refractivity contribution in [1.29, 1.82) is 0 Å². The molecule has 1 aromatic rings. The lowest BCUT2D eigenvalue weighted by atomic mass is 10.1. The van der Waals surface area contributed by atoms with E-state index in [1.165, 1.54) is 0 Å². The van der Waals surface area contributed by atoms with E-state index in [0.717, 1.165) is 5.69 Å². The van der Waals surface area contributed by atoms with Crippen molar-refractivity contribution in [2.45, 2.75) is 69.0 Å². The minimum atomic E-state index is -1.02. The Balaban J connectivity index is 1.60. The van der Waals surface area contributed by atoms with Crippen molar-refractivity contribution in [3.63, 3.8) is 0 Å². The Labute approximate surface area is 193 Å². The number of aliphatic hydroxyl groups excluding tert-OH is 1.